The van der Waals surface area contributed by atoms with E-state index in [1.165, 1.54) is 0 Å². The Morgan fingerprint density at radius 1 is 1.00 bits per heavy atom. The maximum absolute atomic E-state index is 11.3. The van der Waals surface area contributed by atoms with Crippen molar-refractivity contribution in [3.05, 3.63) is 0 Å². The third-order valence-corrected chi connectivity index (χ3v) is 4.96. The first kappa shape index (κ1) is 20.5. The summed E-state index contributed by atoms with van der Waals surface area (Å²) in [5, 5.41) is 41.4. The molecule has 0 heterocycles. The zero-order chi connectivity index (χ0) is 18.0. The van der Waals surface area contributed by atoms with Crippen LogP contribution in [0.1, 0.15) is 57.8 Å². The van der Waals surface area contributed by atoms with E-state index in [2.05, 4.69) is 10.6 Å². The molecule has 0 aromatic carbocycles. The van der Waals surface area contributed by atoms with Crippen molar-refractivity contribution in [3.63, 3.8) is 0 Å². The molecule has 0 radical (unpaired) electrons. The van der Waals surface area contributed by atoms with Crippen molar-refractivity contribution in [2.45, 2.75) is 69.4 Å². The molecule has 8 nitrogen and oxygen atoms in total. The molecule has 0 aromatic heterocycles. The average Bonchev–Trinajstić information content (AvgIpc) is 2.50. The molecule has 0 saturated heterocycles. The van der Waals surface area contributed by atoms with E-state index in [4.69, 9.17) is 15.3 Å². The second-order valence-electron chi connectivity index (χ2n) is 6.60. The largest absolute Gasteiger partial charge is 0.465 e. The summed E-state index contributed by atoms with van der Waals surface area (Å²) in [6.07, 6.45) is 3.70. The van der Waals surface area contributed by atoms with Crippen LogP contribution >= 0.6 is 0 Å². The van der Waals surface area contributed by atoms with E-state index in [1.54, 1.807) is 0 Å². The molecule has 0 bridgehead atoms. The lowest BCUT2D eigenvalue weighted by molar-refractivity contribution is 0.0862. The number of carbonyl (C=O) groups is 2. The summed E-state index contributed by atoms with van der Waals surface area (Å²) >= 11 is 0. The van der Waals surface area contributed by atoms with Gasteiger partial charge in [-0.3, -0.25) is 0 Å². The normalized spacial score (nSPS) is 26.8. The van der Waals surface area contributed by atoms with Gasteiger partial charge in [0.15, 0.2) is 0 Å². The Morgan fingerprint density at radius 3 is 2.25 bits per heavy atom. The number of hydrogen-bond donors (Lipinski definition) is 6. The minimum atomic E-state index is -1.07. The Morgan fingerprint density at radius 2 is 1.67 bits per heavy atom. The van der Waals surface area contributed by atoms with Crippen LogP contribution in [0, 0.1) is 5.92 Å². The molecule has 0 spiro atoms. The molecule has 1 aliphatic carbocycles. The van der Waals surface area contributed by atoms with Gasteiger partial charge in [-0.25, -0.2) is 9.59 Å². The molecule has 0 aromatic rings. The van der Waals surface area contributed by atoms with Gasteiger partial charge in [0, 0.05) is 24.8 Å². The van der Waals surface area contributed by atoms with Gasteiger partial charge in [0.25, 0.3) is 0 Å². The summed E-state index contributed by atoms with van der Waals surface area (Å²) in [6, 6.07) is -0.178. The molecule has 2 amide bonds. The van der Waals surface area contributed by atoms with Crippen LogP contribution in [-0.2, 0) is 0 Å². The van der Waals surface area contributed by atoms with Crippen molar-refractivity contribution < 1.29 is 30.0 Å². The van der Waals surface area contributed by atoms with E-state index >= 15 is 0 Å². The summed E-state index contributed by atoms with van der Waals surface area (Å²) in [5.74, 6) is 0.00411. The zero-order valence-electron chi connectivity index (χ0n) is 14.0. The quantitative estimate of drug-likeness (QED) is 0.333. The van der Waals surface area contributed by atoms with Gasteiger partial charge < -0.3 is 31.1 Å². The van der Waals surface area contributed by atoms with Crippen LogP contribution in [0.2, 0.25) is 0 Å². The van der Waals surface area contributed by atoms with Crippen LogP contribution in [-0.4, -0.2) is 57.4 Å². The van der Waals surface area contributed by atoms with Gasteiger partial charge in [-0.05, 0) is 57.3 Å². The van der Waals surface area contributed by atoms with Crippen LogP contribution in [0.5, 0.6) is 0 Å². The maximum Gasteiger partial charge on any atom is 0.405 e. The van der Waals surface area contributed by atoms with Gasteiger partial charge in [0.2, 0.25) is 0 Å². The molecule has 1 rings (SSSR count). The third-order valence-electron chi connectivity index (χ3n) is 4.96. The smallest absolute Gasteiger partial charge is 0.405 e. The van der Waals surface area contributed by atoms with Crippen LogP contribution in [0.25, 0.3) is 0 Å². The number of aliphatic hydroxyl groups excluding tert-OH is 2. The topological polar surface area (TPSA) is 139 Å². The molecular weight excluding hydrogens is 316 g/mol. The molecule has 24 heavy (non-hydrogen) atoms. The van der Waals surface area contributed by atoms with Gasteiger partial charge in [0.1, 0.15) is 0 Å². The van der Waals surface area contributed by atoms with Crippen molar-refractivity contribution in [1.29, 1.82) is 0 Å². The predicted molar refractivity (Wildman–Crippen MR) is 88.1 cm³/mol. The second-order valence-corrected chi connectivity index (χ2v) is 6.60. The fraction of sp³-hybridized carbons (Fsp3) is 0.875. The number of rotatable bonds is 10. The maximum atomic E-state index is 11.3. The lowest BCUT2D eigenvalue weighted by Gasteiger charge is -2.47. The summed E-state index contributed by atoms with van der Waals surface area (Å²) in [6.45, 7) is 0.162. The van der Waals surface area contributed by atoms with Gasteiger partial charge in [-0.2, -0.15) is 0 Å². The van der Waals surface area contributed by atoms with Crippen molar-refractivity contribution in [2.75, 3.05) is 13.2 Å². The number of nitrogens with one attached hydrogen (secondary N) is 2. The minimum Gasteiger partial charge on any atom is -0.465 e. The molecule has 140 valence electrons. The number of hydrogen-bond acceptors (Lipinski definition) is 4. The highest BCUT2D eigenvalue weighted by atomic mass is 16.4. The number of amides is 2. The fourth-order valence-electron chi connectivity index (χ4n) is 3.85. The Labute approximate surface area is 142 Å². The monoisotopic (exact) mass is 346 g/mol. The highest BCUT2D eigenvalue weighted by Crippen LogP contribution is 2.40. The molecule has 0 aliphatic heterocycles. The Bertz CT molecular complexity index is 406. The highest BCUT2D eigenvalue weighted by molar-refractivity contribution is 5.66. The van der Waals surface area contributed by atoms with E-state index < -0.39 is 17.7 Å². The Hall–Kier alpha value is -1.54. The zero-order valence-corrected chi connectivity index (χ0v) is 14.0. The molecular formula is C16H30N2O6. The molecule has 3 atom stereocenters. The van der Waals surface area contributed by atoms with Gasteiger partial charge in [-0.1, -0.05) is 6.42 Å². The van der Waals surface area contributed by atoms with Gasteiger partial charge in [-0.15, -0.1) is 0 Å². The van der Waals surface area contributed by atoms with Crippen molar-refractivity contribution in [1.82, 2.24) is 10.6 Å². The molecule has 1 unspecified atom stereocenters. The van der Waals surface area contributed by atoms with E-state index in [1.807, 2.05) is 0 Å². The van der Waals surface area contributed by atoms with Crippen molar-refractivity contribution in [3.8, 4) is 0 Å². The van der Waals surface area contributed by atoms with Crippen LogP contribution < -0.4 is 10.6 Å². The van der Waals surface area contributed by atoms with Crippen LogP contribution in [0.15, 0.2) is 0 Å². The fourth-order valence-corrected chi connectivity index (χ4v) is 3.85. The number of unbranched alkanes of at least 4 members (excludes halogenated alkanes) is 2. The lowest BCUT2D eigenvalue weighted by atomic mass is 9.66. The molecule has 6 N–H and O–H groups in total. The van der Waals surface area contributed by atoms with E-state index in [9.17, 15) is 14.7 Å². The predicted octanol–water partition coefficient (Wildman–Crippen LogP) is 1.75. The standard InChI is InChI=1S/C16H30N2O6/c19-9-3-1-5-12-11-13(17-14(21)22)6-8-16(12,18-15(23)24)7-2-4-10-20/h12-13,17-20H,1-11H2,(H,21,22)(H,23,24)/t12-,13?,16-/m1/s1. The molecule has 1 fully saturated rings. The van der Waals surface area contributed by atoms with E-state index in [0.717, 1.165) is 12.8 Å². The van der Waals surface area contributed by atoms with Crippen molar-refractivity contribution in [2.24, 2.45) is 5.92 Å². The van der Waals surface area contributed by atoms with E-state index in [0.29, 0.717) is 44.9 Å². The van der Waals surface area contributed by atoms with E-state index in [-0.39, 0.29) is 25.2 Å². The summed E-state index contributed by atoms with van der Waals surface area (Å²) in [5.41, 5.74) is -0.590. The van der Waals surface area contributed by atoms with Crippen LogP contribution in [0.3, 0.4) is 0 Å². The highest BCUT2D eigenvalue weighted by Gasteiger charge is 2.44. The van der Waals surface area contributed by atoms with Crippen LogP contribution in [0.4, 0.5) is 9.59 Å². The Kier molecular flexibility index (Phi) is 8.84. The number of carboxylic acid groups (broad SMARTS) is 2. The molecule has 1 saturated carbocycles. The van der Waals surface area contributed by atoms with Gasteiger partial charge >= 0.3 is 12.2 Å². The van der Waals surface area contributed by atoms with Crippen molar-refractivity contribution >= 4 is 12.2 Å². The Balaban J connectivity index is 2.87. The summed E-state index contributed by atoms with van der Waals surface area (Å²) < 4.78 is 0. The second kappa shape index (κ2) is 10.4. The first-order chi connectivity index (χ1) is 11.4. The molecule has 8 heteroatoms. The first-order valence-corrected chi connectivity index (χ1v) is 8.66. The minimum absolute atomic E-state index is 0.00411. The SMILES string of the molecule is O=C(O)NC1CC[C@@](CCCCO)(NC(=O)O)[C@H](CCCCO)C1. The lowest BCUT2D eigenvalue weighted by Crippen LogP contribution is -2.58. The summed E-state index contributed by atoms with van der Waals surface area (Å²) in [4.78, 5) is 22.2. The first-order valence-electron chi connectivity index (χ1n) is 8.66. The van der Waals surface area contributed by atoms with Gasteiger partial charge in [0.05, 0.1) is 0 Å². The summed E-state index contributed by atoms with van der Waals surface area (Å²) in [7, 11) is 0. The third kappa shape index (κ3) is 6.52. The average molecular weight is 346 g/mol. The molecule has 1 aliphatic rings. The number of aliphatic hydroxyl groups is 2.